The van der Waals surface area contributed by atoms with E-state index in [2.05, 4.69) is 0 Å². The number of hydrogen-bond acceptors (Lipinski definition) is 4. The Labute approximate surface area is 167 Å². The predicted molar refractivity (Wildman–Crippen MR) is 107 cm³/mol. The molecule has 2 fully saturated rings. The lowest BCUT2D eigenvalue weighted by atomic mass is 9.94. The van der Waals surface area contributed by atoms with Crippen molar-refractivity contribution in [2.24, 2.45) is 5.92 Å². The molecular weight excluding hydrogens is 356 g/mol. The Balaban J connectivity index is 1.56. The van der Waals surface area contributed by atoms with Crippen molar-refractivity contribution in [1.82, 2.24) is 9.80 Å². The first-order valence-corrected chi connectivity index (χ1v) is 10.5. The van der Waals surface area contributed by atoms with Crippen LogP contribution in [-0.2, 0) is 9.53 Å². The van der Waals surface area contributed by atoms with E-state index in [1.165, 1.54) is 12.8 Å². The number of carbonyl (C=O) groups excluding carboxylic acids is 2. The zero-order valence-electron chi connectivity index (χ0n) is 16.9. The van der Waals surface area contributed by atoms with Crippen molar-refractivity contribution in [3.8, 4) is 5.75 Å². The average molecular weight is 389 g/mol. The van der Waals surface area contributed by atoms with Gasteiger partial charge in [0.25, 0.3) is 5.91 Å². The Morgan fingerprint density at radius 3 is 2.29 bits per heavy atom. The molecule has 2 saturated heterocycles. The minimum atomic E-state index is -0.0197. The van der Waals surface area contributed by atoms with Gasteiger partial charge in [-0.1, -0.05) is 25.0 Å². The first-order chi connectivity index (χ1) is 13.7. The van der Waals surface area contributed by atoms with E-state index in [0.717, 1.165) is 38.8 Å². The number of rotatable bonds is 6. The van der Waals surface area contributed by atoms with Gasteiger partial charge in [-0.15, -0.1) is 0 Å². The molecule has 0 N–H and O–H groups in total. The monoisotopic (exact) mass is 388 g/mol. The third-order valence-electron chi connectivity index (χ3n) is 5.71. The molecule has 1 aromatic carbocycles. The van der Waals surface area contributed by atoms with Crippen molar-refractivity contribution in [2.75, 3.05) is 46.5 Å². The van der Waals surface area contributed by atoms with E-state index in [9.17, 15) is 9.59 Å². The average Bonchev–Trinajstić information content (AvgIpc) is 3.03. The smallest absolute Gasteiger partial charge is 0.257 e. The normalized spacial score (nSPS) is 18.6. The lowest BCUT2D eigenvalue weighted by Gasteiger charge is -2.34. The Kier molecular flexibility index (Phi) is 7.71. The Bertz CT molecular complexity index is 648. The Morgan fingerprint density at radius 1 is 0.929 bits per heavy atom. The lowest BCUT2D eigenvalue weighted by molar-refractivity contribution is -0.136. The maximum atomic E-state index is 13.0. The lowest BCUT2D eigenvalue weighted by Crippen LogP contribution is -2.44. The molecule has 0 unspecified atom stereocenters. The first kappa shape index (κ1) is 20.6. The van der Waals surface area contributed by atoms with Gasteiger partial charge in [0, 0.05) is 39.2 Å². The van der Waals surface area contributed by atoms with Crippen LogP contribution < -0.4 is 4.74 Å². The molecule has 6 heteroatoms. The summed E-state index contributed by atoms with van der Waals surface area (Å²) < 4.78 is 10.7. The van der Waals surface area contributed by atoms with Crippen molar-refractivity contribution < 1.29 is 19.1 Å². The van der Waals surface area contributed by atoms with Crippen LogP contribution in [0.3, 0.4) is 0 Å². The predicted octanol–water partition coefficient (Wildman–Crippen LogP) is 2.97. The molecule has 154 valence electrons. The second-order valence-corrected chi connectivity index (χ2v) is 7.64. The molecule has 0 saturated carbocycles. The zero-order chi connectivity index (χ0) is 19.8. The highest BCUT2D eigenvalue weighted by molar-refractivity contribution is 5.97. The molecule has 3 rings (SSSR count). The van der Waals surface area contributed by atoms with Gasteiger partial charge in [-0.25, -0.2) is 0 Å². The van der Waals surface area contributed by atoms with Crippen LogP contribution in [0, 0.1) is 5.92 Å². The number of benzene rings is 1. The summed E-state index contributed by atoms with van der Waals surface area (Å²) in [5, 5.41) is 0. The van der Waals surface area contributed by atoms with Crippen molar-refractivity contribution >= 4 is 11.8 Å². The third kappa shape index (κ3) is 5.25. The van der Waals surface area contributed by atoms with Gasteiger partial charge in [0.15, 0.2) is 0 Å². The van der Waals surface area contributed by atoms with E-state index in [0.29, 0.717) is 37.6 Å². The van der Waals surface area contributed by atoms with Crippen molar-refractivity contribution in [1.29, 1.82) is 0 Å². The molecule has 2 amide bonds. The maximum Gasteiger partial charge on any atom is 0.257 e. The molecule has 2 heterocycles. The fourth-order valence-corrected chi connectivity index (χ4v) is 4.05. The summed E-state index contributed by atoms with van der Waals surface area (Å²) >= 11 is 0. The maximum absolute atomic E-state index is 13.0. The van der Waals surface area contributed by atoms with Gasteiger partial charge in [-0.2, -0.15) is 0 Å². The van der Waals surface area contributed by atoms with Gasteiger partial charge in [0.1, 0.15) is 12.4 Å². The number of likely N-dealkylation sites (tertiary alicyclic amines) is 2. The number of hydrogen-bond donors (Lipinski definition) is 0. The Morgan fingerprint density at radius 2 is 1.61 bits per heavy atom. The van der Waals surface area contributed by atoms with Crippen LogP contribution in [0.2, 0.25) is 0 Å². The zero-order valence-corrected chi connectivity index (χ0v) is 16.9. The molecule has 6 nitrogen and oxygen atoms in total. The minimum Gasteiger partial charge on any atom is -0.490 e. The molecule has 0 bridgehead atoms. The highest BCUT2D eigenvalue weighted by Gasteiger charge is 2.31. The molecule has 1 aromatic rings. The minimum absolute atomic E-state index is 0.0197. The summed E-state index contributed by atoms with van der Waals surface area (Å²) in [4.78, 5) is 29.7. The van der Waals surface area contributed by atoms with Crippen LogP contribution in [0.25, 0.3) is 0 Å². The van der Waals surface area contributed by atoms with E-state index in [4.69, 9.17) is 9.47 Å². The van der Waals surface area contributed by atoms with E-state index in [-0.39, 0.29) is 17.7 Å². The van der Waals surface area contributed by atoms with Crippen LogP contribution >= 0.6 is 0 Å². The van der Waals surface area contributed by atoms with Crippen LogP contribution in [0.4, 0.5) is 0 Å². The van der Waals surface area contributed by atoms with Gasteiger partial charge in [-0.3, -0.25) is 9.59 Å². The summed E-state index contributed by atoms with van der Waals surface area (Å²) in [7, 11) is 1.62. The van der Waals surface area contributed by atoms with Gasteiger partial charge >= 0.3 is 0 Å². The van der Waals surface area contributed by atoms with Crippen LogP contribution in [0.15, 0.2) is 24.3 Å². The highest BCUT2D eigenvalue weighted by Crippen LogP contribution is 2.25. The van der Waals surface area contributed by atoms with Gasteiger partial charge in [-0.05, 0) is 37.8 Å². The van der Waals surface area contributed by atoms with E-state index < -0.39 is 0 Å². The number of nitrogens with zero attached hydrogens (tertiary/aromatic N) is 2. The number of methoxy groups -OCH3 is 1. The number of piperidine rings is 1. The summed E-state index contributed by atoms with van der Waals surface area (Å²) in [5.41, 5.74) is 0.580. The largest absolute Gasteiger partial charge is 0.490 e. The second-order valence-electron chi connectivity index (χ2n) is 7.64. The molecule has 2 aliphatic rings. The van der Waals surface area contributed by atoms with Gasteiger partial charge in [0.05, 0.1) is 12.2 Å². The number of ether oxygens (including phenoxy) is 2. The third-order valence-corrected chi connectivity index (χ3v) is 5.71. The van der Waals surface area contributed by atoms with Crippen LogP contribution in [0.1, 0.15) is 48.9 Å². The molecular formula is C22H32N2O4. The number of amides is 2. The first-order valence-electron chi connectivity index (χ1n) is 10.5. The summed E-state index contributed by atoms with van der Waals surface area (Å²) in [6, 6.07) is 7.34. The molecule has 0 radical (unpaired) electrons. The van der Waals surface area contributed by atoms with Gasteiger partial charge < -0.3 is 19.3 Å². The summed E-state index contributed by atoms with van der Waals surface area (Å²) in [5.74, 6) is 0.911. The SMILES string of the molecule is COCCOc1ccccc1C(=O)N1CCC(C(=O)N2CCCCCC2)CC1. The molecule has 0 spiro atoms. The topological polar surface area (TPSA) is 59.1 Å². The molecule has 0 atom stereocenters. The van der Waals surface area contributed by atoms with Crippen molar-refractivity contribution in [3.05, 3.63) is 29.8 Å². The fourth-order valence-electron chi connectivity index (χ4n) is 4.05. The van der Waals surface area contributed by atoms with Gasteiger partial charge in [0.2, 0.25) is 5.91 Å². The highest BCUT2D eigenvalue weighted by atomic mass is 16.5. The molecule has 0 aromatic heterocycles. The fraction of sp³-hybridized carbons (Fsp3) is 0.636. The number of carbonyl (C=O) groups is 2. The number of para-hydroxylation sites is 1. The van der Waals surface area contributed by atoms with Crippen molar-refractivity contribution in [2.45, 2.75) is 38.5 Å². The van der Waals surface area contributed by atoms with Crippen LogP contribution in [0.5, 0.6) is 5.75 Å². The Hall–Kier alpha value is -2.08. The molecule has 0 aliphatic carbocycles. The van der Waals surface area contributed by atoms with Crippen molar-refractivity contribution in [3.63, 3.8) is 0 Å². The van der Waals surface area contributed by atoms with E-state index in [1.807, 2.05) is 28.0 Å². The second kappa shape index (κ2) is 10.5. The summed E-state index contributed by atoms with van der Waals surface area (Å²) in [6.45, 7) is 3.92. The molecule has 2 aliphatic heterocycles. The van der Waals surface area contributed by atoms with Crippen LogP contribution in [-0.4, -0.2) is 68.1 Å². The summed E-state index contributed by atoms with van der Waals surface area (Å²) in [6.07, 6.45) is 6.17. The standard InChI is InChI=1S/C22H32N2O4/c1-27-16-17-28-20-9-5-4-8-19(20)22(26)24-14-10-18(11-15-24)21(25)23-12-6-2-3-7-13-23/h4-5,8-9,18H,2-3,6-7,10-17H2,1H3. The quantitative estimate of drug-likeness (QED) is 0.703. The van der Waals surface area contributed by atoms with E-state index in [1.54, 1.807) is 13.2 Å². The van der Waals surface area contributed by atoms with E-state index >= 15 is 0 Å². The molecule has 28 heavy (non-hydrogen) atoms.